The van der Waals surface area contributed by atoms with E-state index >= 15 is 0 Å². The summed E-state index contributed by atoms with van der Waals surface area (Å²) in [6, 6.07) is 36.3. The van der Waals surface area contributed by atoms with Gasteiger partial charge in [0.05, 0.1) is 0 Å². The molecule has 4 heterocycles. The average Bonchev–Trinajstić information content (AvgIpc) is 0.772. The van der Waals surface area contributed by atoms with Gasteiger partial charge in [-0.25, -0.2) is 0 Å². The SMILES string of the molecule is CC(C)(C)CC(C)(C)c1cc2c(OCc3ccncc3)c(c1)Cc1cc(C(C)(C)CC(C)(C)C)cc(c1OCc1ccncc1)Cc1cc(C(C)(C)CC(C)(C)C)cc(c1OCc1ccncc1)Cc1cc(C(C)(C)CC(C)(C)C)cc(c1OCc1ccncc1)C2. The molecule has 0 saturated heterocycles. The van der Waals surface area contributed by atoms with Crippen LogP contribution >= 0.6 is 0 Å². The van der Waals surface area contributed by atoms with E-state index in [4.69, 9.17) is 18.9 Å². The molecule has 92 heavy (non-hydrogen) atoms. The third-order valence-electron chi connectivity index (χ3n) is 18.0. The second kappa shape index (κ2) is 27.3. The standard InChI is InChI=1S/C84H108N4O4/c1-77(2,3)53-81(13,14)69-41-61-37-63-43-70(82(15,16)54-78(4,5)6)45-65(74(63)90-50-58-23-31-86-32-24-58)39-67-47-72(84(19,20)56-80(10,11)12)48-68(76(67)92-52-60-27-35-88-36-28-60)40-66-46-71(83(17,18)55-79(7,8)9)44-64(75(66)91-51-59-25-33-87-34-26-59)38-62(42-69)73(61)89-49-57-21-29-85-30-22-57/h21-36,41-48H,37-40,49-56H2,1-20H3. The molecule has 0 aliphatic heterocycles. The number of fused-ring (bicyclic) bond motifs is 8. The fraction of sp³-hybridized carbons (Fsp3) is 0.476. The number of hydrogen-bond donors (Lipinski definition) is 0. The zero-order valence-electron chi connectivity index (χ0n) is 59.8. The Balaban J connectivity index is 1.46. The number of rotatable bonds is 20. The quantitative estimate of drug-likeness (QED) is 0.0746. The molecular formula is C84H108N4O4. The Morgan fingerprint density at radius 3 is 0.543 bits per heavy atom. The van der Waals surface area contributed by atoms with Crippen molar-refractivity contribution in [3.05, 3.63) is 236 Å². The van der Waals surface area contributed by atoms with Gasteiger partial charge in [0.15, 0.2) is 0 Å². The summed E-state index contributed by atoms with van der Waals surface area (Å²) in [5.74, 6) is 3.53. The second-order valence-corrected chi connectivity index (χ2v) is 34.3. The molecule has 0 radical (unpaired) electrons. The molecule has 1 aliphatic rings. The van der Waals surface area contributed by atoms with E-state index in [9.17, 15) is 0 Å². The molecule has 0 fully saturated rings. The van der Waals surface area contributed by atoms with Gasteiger partial charge in [-0.05, 0) is 207 Å². The highest BCUT2D eigenvalue weighted by atomic mass is 16.5. The molecule has 1 aliphatic carbocycles. The summed E-state index contributed by atoms with van der Waals surface area (Å²) in [5, 5.41) is 0. The predicted octanol–water partition coefficient (Wildman–Crippen LogP) is 21.1. The summed E-state index contributed by atoms with van der Waals surface area (Å²) < 4.78 is 30.1. The van der Waals surface area contributed by atoms with Crippen LogP contribution in [0.25, 0.3) is 0 Å². The Kier molecular flexibility index (Phi) is 20.5. The van der Waals surface area contributed by atoms with Gasteiger partial charge in [0, 0.05) is 75.3 Å². The van der Waals surface area contributed by atoms with Crippen molar-refractivity contribution in [3.8, 4) is 23.0 Å². The van der Waals surface area contributed by atoms with E-state index in [1.54, 1.807) is 0 Å². The molecule has 8 aromatic rings. The molecule has 0 spiro atoms. The summed E-state index contributed by atoms with van der Waals surface area (Å²) in [6.07, 6.45) is 20.9. The Morgan fingerprint density at radius 1 is 0.250 bits per heavy atom. The van der Waals surface area contributed by atoms with Crippen LogP contribution in [0.5, 0.6) is 23.0 Å². The normalized spacial score (nSPS) is 13.6. The topological polar surface area (TPSA) is 88.5 Å². The lowest BCUT2D eigenvalue weighted by Crippen LogP contribution is -2.26. The Hall–Kier alpha value is -7.32. The van der Waals surface area contributed by atoms with E-state index in [-0.39, 0.29) is 43.3 Å². The van der Waals surface area contributed by atoms with Gasteiger partial charge in [-0.15, -0.1) is 0 Å². The molecule has 0 saturated carbocycles. The van der Waals surface area contributed by atoms with E-state index in [2.05, 4.69) is 255 Å². The van der Waals surface area contributed by atoms with E-state index in [0.717, 1.165) is 115 Å². The van der Waals surface area contributed by atoms with E-state index in [0.29, 0.717) is 52.1 Å². The number of aromatic nitrogens is 4. The highest BCUT2D eigenvalue weighted by Gasteiger charge is 2.36. The van der Waals surface area contributed by atoms with Crippen LogP contribution in [-0.2, 0) is 73.8 Å². The van der Waals surface area contributed by atoms with Crippen molar-refractivity contribution in [2.75, 3.05) is 0 Å². The summed E-state index contributed by atoms with van der Waals surface area (Å²) in [7, 11) is 0. The Labute approximate surface area is 554 Å². The third-order valence-corrected chi connectivity index (χ3v) is 18.0. The number of benzene rings is 4. The van der Waals surface area contributed by atoms with Crippen LogP contribution in [0.1, 0.15) is 253 Å². The molecular weight excluding hydrogens is 1130 g/mol. The molecule has 488 valence electrons. The lowest BCUT2D eigenvalue weighted by Gasteiger charge is -2.36. The molecule has 9 rings (SSSR count). The van der Waals surface area contributed by atoms with Gasteiger partial charge in [0.2, 0.25) is 0 Å². The van der Waals surface area contributed by atoms with Crippen molar-refractivity contribution >= 4 is 0 Å². The van der Waals surface area contributed by atoms with Gasteiger partial charge in [0.25, 0.3) is 0 Å². The second-order valence-electron chi connectivity index (χ2n) is 34.3. The van der Waals surface area contributed by atoms with Crippen molar-refractivity contribution in [2.45, 2.75) is 238 Å². The Morgan fingerprint density at radius 2 is 0.402 bits per heavy atom. The lowest BCUT2D eigenvalue weighted by atomic mass is 9.70. The first kappa shape index (κ1) is 69.0. The van der Waals surface area contributed by atoms with Crippen LogP contribution in [0, 0.1) is 21.7 Å². The van der Waals surface area contributed by atoms with Gasteiger partial charge < -0.3 is 18.9 Å². The minimum atomic E-state index is -0.231. The summed E-state index contributed by atoms with van der Waals surface area (Å²) in [5.41, 5.74) is 17.5. The summed E-state index contributed by atoms with van der Waals surface area (Å²) in [6.45, 7) is 49.3. The molecule has 8 bridgehead atoms. The minimum absolute atomic E-state index is 0.0400. The van der Waals surface area contributed by atoms with Crippen molar-refractivity contribution in [1.29, 1.82) is 0 Å². The number of pyridine rings is 4. The zero-order valence-corrected chi connectivity index (χ0v) is 59.8. The van der Waals surface area contributed by atoms with Crippen molar-refractivity contribution in [2.24, 2.45) is 21.7 Å². The zero-order chi connectivity index (χ0) is 66.7. The highest BCUT2D eigenvalue weighted by molar-refractivity contribution is 5.60. The molecule has 8 nitrogen and oxygen atoms in total. The van der Waals surface area contributed by atoms with Crippen LogP contribution in [0.2, 0.25) is 0 Å². The van der Waals surface area contributed by atoms with E-state index < -0.39 is 0 Å². The van der Waals surface area contributed by atoms with Gasteiger partial charge >= 0.3 is 0 Å². The van der Waals surface area contributed by atoms with Gasteiger partial charge in [-0.2, -0.15) is 0 Å². The highest BCUT2D eigenvalue weighted by Crippen LogP contribution is 2.49. The predicted molar refractivity (Wildman–Crippen MR) is 380 cm³/mol. The fourth-order valence-electron chi connectivity index (χ4n) is 15.4. The first-order valence-electron chi connectivity index (χ1n) is 33.7. The maximum absolute atomic E-state index is 7.53. The average molecular weight is 1240 g/mol. The number of hydrogen-bond acceptors (Lipinski definition) is 8. The van der Waals surface area contributed by atoms with Crippen molar-refractivity contribution < 1.29 is 18.9 Å². The van der Waals surface area contributed by atoms with Crippen LogP contribution in [0.3, 0.4) is 0 Å². The maximum Gasteiger partial charge on any atom is 0.126 e. The van der Waals surface area contributed by atoms with Crippen LogP contribution < -0.4 is 18.9 Å². The third kappa shape index (κ3) is 18.5. The lowest BCUT2D eigenvalue weighted by molar-refractivity contribution is 0.281. The van der Waals surface area contributed by atoms with Crippen LogP contribution in [0.4, 0.5) is 0 Å². The largest absolute Gasteiger partial charge is 0.488 e. The fourth-order valence-corrected chi connectivity index (χ4v) is 15.4. The van der Waals surface area contributed by atoms with E-state index in [1.165, 1.54) is 22.3 Å². The number of nitrogens with zero attached hydrogens (tertiary/aromatic N) is 4. The monoisotopic (exact) mass is 1240 g/mol. The smallest absolute Gasteiger partial charge is 0.126 e. The van der Waals surface area contributed by atoms with Gasteiger partial charge in [-0.1, -0.05) is 187 Å². The number of ether oxygens (including phenoxy) is 4. The molecule has 0 unspecified atom stereocenters. The first-order valence-corrected chi connectivity index (χ1v) is 33.7. The Bertz CT molecular complexity index is 3190. The molecule has 0 amide bonds. The molecule has 0 N–H and O–H groups in total. The first-order chi connectivity index (χ1) is 43.0. The molecule has 0 atom stereocenters. The summed E-state index contributed by atoms with van der Waals surface area (Å²) in [4.78, 5) is 17.7. The summed E-state index contributed by atoms with van der Waals surface area (Å²) >= 11 is 0. The molecule has 8 heteroatoms. The van der Waals surface area contributed by atoms with Crippen molar-refractivity contribution in [3.63, 3.8) is 0 Å². The molecule has 4 aromatic heterocycles. The van der Waals surface area contributed by atoms with E-state index in [1.807, 2.05) is 49.6 Å². The maximum atomic E-state index is 7.53. The van der Waals surface area contributed by atoms with Crippen LogP contribution in [0.15, 0.2) is 147 Å². The molecule has 4 aromatic carbocycles. The minimum Gasteiger partial charge on any atom is -0.488 e. The van der Waals surface area contributed by atoms with Gasteiger partial charge in [-0.3, -0.25) is 19.9 Å². The van der Waals surface area contributed by atoms with Crippen LogP contribution in [-0.4, -0.2) is 19.9 Å². The van der Waals surface area contributed by atoms with Crippen molar-refractivity contribution in [1.82, 2.24) is 19.9 Å². The van der Waals surface area contributed by atoms with Gasteiger partial charge in [0.1, 0.15) is 49.4 Å².